The van der Waals surface area contributed by atoms with Crippen LogP contribution in [0.1, 0.15) is 13.8 Å². The SMILES string of the molecule is CCOC(=O)[C@@H](C)Sc1ccc2nnc(-c3ccccc3)n2n1. The van der Waals surface area contributed by atoms with E-state index in [2.05, 4.69) is 15.3 Å². The molecule has 7 heteroatoms. The number of carbonyl (C=O) groups excluding carboxylic acids is 1. The van der Waals surface area contributed by atoms with Gasteiger partial charge in [0, 0.05) is 5.56 Å². The average molecular weight is 328 g/mol. The van der Waals surface area contributed by atoms with Gasteiger partial charge in [-0.25, -0.2) is 0 Å². The monoisotopic (exact) mass is 328 g/mol. The van der Waals surface area contributed by atoms with Crippen molar-refractivity contribution in [3.63, 3.8) is 0 Å². The Labute approximate surface area is 137 Å². The van der Waals surface area contributed by atoms with Crippen LogP contribution in [0.4, 0.5) is 0 Å². The van der Waals surface area contributed by atoms with Gasteiger partial charge < -0.3 is 4.74 Å². The Hall–Kier alpha value is -2.41. The first-order valence-corrected chi connectivity index (χ1v) is 8.18. The summed E-state index contributed by atoms with van der Waals surface area (Å²) < 4.78 is 6.71. The first-order chi connectivity index (χ1) is 11.2. The van der Waals surface area contributed by atoms with Crippen LogP contribution in [0.2, 0.25) is 0 Å². The number of thioether (sulfide) groups is 1. The molecule has 2 aromatic heterocycles. The molecule has 0 aliphatic heterocycles. The van der Waals surface area contributed by atoms with E-state index in [0.29, 0.717) is 18.1 Å². The Balaban J connectivity index is 1.91. The summed E-state index contributed by atoms with van der Waals surface area (Å²) in [5, 5.41) is 13.3. The molecule has 0 unspecified atom stereocenters. The number of aromatic nitrogens is 4. The number of fused-ring (bicyclic) bond motifs is 1. The zero-order valence-electron chi connectivity index (χ0n) is 12.8. The van der Waals surface area contributed by atoms with E-state index in [1.54, 1.807) is 18.4 Å². The fraction of sp³-hybridized carbons (Fsp3) is 0.250. The largest absolute Gasteiger partial charge is 0.465 e. The van der Waals surface area contributed by atoms with Gasteiger partial charge in [0.15, 0.2) is 11.5 Å². The molecule has 0 N–H and O–H groups in total. The molecule has 0 aliphatic rings. The maximum Gasteiger partial charge on any atom is 0.319 e. The van der Waals surface area contributed by atoms with Crippen LogP contribution in [0.5, 0.6) is 0 Å². The molecule has 0 saturated heterocycles. The molecule has 1 atom stereocenters. The van der Waals surface area contributed by atoms with Gasteiger partial charge in [-0.1, -0.05) is 42.1 Å². The number of nitrogens with zero attached hydrogens (tertiary/aromatic N) is 4. The van der Waals surface area contributed by atoms with Gasteiger partial charge in [0.25, 0.3) is 0 Å². The van der Waals surface area contributed by atoms with Gasteiger partial charge >= 0.3 is 5.97 Å². The number of hydrogen-bond acceptors (Lipinski definition) is 6. The minimum absolute atomic E-state index is 0.244. The van der Waals surface area contributed by atoms with Gasteiger partial charge in [0.05, 0.1) is 6.61 Å². The summed E-state index contributed by atoms with van der Waals surface area (Å²) in [7, 11) is 0. The van der Waals surface area contributed by atoms with Crippen LogP contribution < -0.4 is 0 Å². The van der Waals surface area contributed by atoms with Crippen LogP contribution in [0.3, 0.4) is 0 Å². The van der Waals surface area contributed by atoms with Gasteiger partial charge in [-0.3, -0.25) is 4.79 Å². The molecule has 3 rings (SSSR count). The van der Waals surface area contributed by atoms with Crippen molar-refractivity contribution in [2.75, 3.05) is 6.61 Å². The van der Waals surface area contributed by atoms with Gasteiger partial charge in [0.2, 0.25) is 0 Å². The zero-order valence-corrected chi connectivity index (χ0v) is 13.7. The number of carbonyl (C=O) groups is 1. The highest BCUT2D eigenvalue weighted by Crippen LogP contribution is 2.24. The summed E-state index contributed by atoms with van der Waals surface area (Å²) in [6, 6.07) is 13.4. The van der Waals surface area contributed by atoms with Crippen molar-refractivity contribution >= 4 is 23.4 Å². The second-order valence-corrected chi connectivity index (χ2v) is 6.20. The summed E-state index contributed by atoms with van der Waals surface area (Å²) >= 11 is 1.35. The molecule has 118 valence electrons. The Morgan fingerprint density at radius 1 is 1.22 bits per heavy atom. The number of hydrogen-bond donors (Lipinski definition) is 0. The van der Waals surface area contributed by atoms with Gasteiger partial charge in [0.1, 0.15) is 10.3 Å². The van der Waals surface area contributed by atoms with Crippen molar-refractivity contribution in [2.45, 2.75) is 24.1 Å². The topological polar surface area (TPSA) is 69.4 Å². The van der Waals surface area contributed by atoms with Crippen LogP contribution in [-0.4, -0.2) is 37.6 Å². The minimum atomic E-state index is -0.323. The molecule has 3 aromatic rings. The Morgan fingerprint density at radius 2 is 2.00 bits per heavy atom. The number of rotatable bonds is 5. The maximum absolute atomic E-state index is 11.7. The lowest BCUT2D eigenvalue weighted by molar-refractivity contribution is -0.142. The molecular weight excluding hydrogens is 312 g/mol. The third-order valence-electron chi connectivity index (χ3n) is 3.19. The molecule has 2 heterocycles. The Bertz CT molecular complexity index is 819. The average Bonchev–Trinajstić information content (AvgIpc) is 2.99. The number of benzene rings is 1. The van der Waals surface area contributed by atoms with Crippen LogP contribution in [-0.2, 0) is 9.53 Å². The highest BCUT2D eigenvalue weighted by molar-refractivity contribution is 8.00. The smallest absolute Gasteiger partial charge is 0.319 e. The summed E-state index contributed by atoms with van der Waals surface area (Å²) in [4.78, 5) is 11.7. The fourth-order valence-electron chi connectivity index (χ4n) is 2.09. The molecule has 0 saturated carbocycles. The van der Waals surface area contributed by atoms with Crippen molar-refractivity contribution in [3.8, 4) is 11.4 Å². The Morgan fingerprint density at radius 3 is 2.74 bits per heavy atom. The van der Waals surface area contributed by atoms with Gasteiger partial charge in [-0.05, 0) is 26.0 Å². The predicted molar refractivity (Wildman–Crippen MR) is 88.2 cm³/mol. The van der Waals surface area contributed by atoms with Crippen LogP contribution >= 0.6 is 11.8 Å². The van der Waals surface area contributed by atoms with E-state index in [0.717, 1.165) is 10.6 Å². The van der Waals surface area contributed by atoms with Crippen molar-refractivity contribution in [1.29, 1.82) is 0 Å². The molecular formula is C16H16N4O2S. The third-order valence-corrected chi connectivity index (χ3v) is 4.19. The van der Waals surface area contributed by atoms with Crippen molar-refractivity contribution < 1.29 is 9.53 Å². The fourth-order valence-corrected chi connectivity index (χ4v) is 2.89. The third kappa shape index (κ3) is 3.34. The van der Waals surface area contributed by atoms with E-state index in [1.807, 2.05) is 42.5 Å². The molecule has 0 bridgehead atoms. The molecule has 0 fully saturated rings. The lowest BCUT2D eigenvalue weighted by atomic mass is 10.2. The lowest BCUT2D eigenvalue weighted by Gasteiger charge is -2.09. The molecule has 6 nitrogen and oxygen atoms in total. The first kappa shape index (κ1) is 15.5. The predicted octanol–water partition coefficient (Wildman–Crippen LogP) is 2.84. The molecule has 0 amide bonds. The van der Waals surface area contributed by atoms with Crippen LogP contribution in [0.15, 0.2) is 47.5 Å². The highest BCUT2D eigenvalue weighted by Gasteiger charge is 2.17. The summed E-state index contributed by atoms with van der Waals surface area (Å²) in [6.45, 7) is 3.97. The Kier molecular flexibility index (Phi) is 4.57. The van der Waals surface area contributed by atoms with Gasteiger partial charge in [-0.15, -0.1) is 10.2 Å². The maximum atomic E-state index is 11.7. The minimum Gasteiger partial charge on any atom is -0.465 e. The van der Waals surface area contributed by atoms with E-state index in [4.69, 9.17) is 4.74 Å². The first-order valence-electron chi connectivity index (χ1n) is 7.30. The number of ether oxygens (including phenoxy) is 1. The summed E-state index contributed by atoms with van der Waals surface area (Å²) in [6.07, 6.45) is 0. The summed E-state index contributed by atoms with van der Waals surface area (Å²) in [5.41, 5.74) is 1.60. The van der Waals surface area contributed by atoms with E-state index >= 15 is 0 Å². The van der Waals surface area contributed by atoms with Crippen molar-refractivity contribution in [2.24, 2.45) is 0 Å². The van der Waals surface area contributed by atoms with Gasteiger partial charge in [-0.2, -0.15) is 9.61 Å². The van der Waals surface area contributed by atoms with Crippen LogP contribution in [0, 0.1) is 0 Å². The normalized spacial score (nSPS) is 12.3. The summed E-state index contributed by atoms with van der Waals surface area (Å²) in [5.74, 6) is 0.429. The standard InChI is InChI=1S/C16H16N4O2S/c1-3-22-16(21)11(2)23-14-10-9-13-17-18-15(20(13)19-14)12-7-5-4-6-8-12/h4-11H,3H2,1-2H3/t11-/m1/s1. The van der Waals surface area contributed by atoms with Crippen molar-refractivity contribution in [1.82, 2.24) is 19.8 Å². The number of esters is 1. The lowest BCUT2D eigenvalue weighted by Crippen LogP contribution is -2.17. The van der Waals surface area contributed by atoms with E-state index in [1.165, 1.54) is 11.8 Å². The molecule has 0 radical (unpaired) electrons. The molecule has 0 spiro atoms. The molecule has 0 aliphatic carbocycles. The second-order valence-electron chi connectivity index (χ2n) is 4.84. The molecule has 1 aromatic carbocycles. The van der Waals surface area contributed by atoms with E-state index in [-0.39, 0.29) is 11.2 Å². The quantitative estimate of drug-likeness (QED) is 0.530. The molecule has 23 heavy (non-hydrogen) atoms. The van der Waals surface area contributed by atoms with Crippen LogP contribution in [0.25, 0.3) is 17.0 Å². The zero-order chi connectivity index (χ0) is 16.2. The van der Waals surface area contributed by atoms with E-state index < -0.39 is 0 Å². The van der Waals surface area contributed by atoms with Crippen molar-refractivity contribution in [3.05, 3.63) is 42.5 Å². The highest BCUT2D eigenvalue weighted by atomic mass is 32.2. The second kappa shape index (κ2) is 6.78. The van der Waals surface area contributed by atoms with E-state index in [9.17, 15) is 4.79 Å².